The fourth-order valence-electron chi connectivity index (χ4n) is 2.27. The van der Waals surface area contributed by atoms with Crippen molar-refractivity contribution in [3.63, 3.8) is 0 Å². The van der Waals surface area contributed by atoms with E-state index in [4.69, 9.17) is 5.11 Å². The summed E-state index contributed by atoms with van der Waals surface area (Å²) in [4.78, 5) is 24.7. The lowest BCUT2D eigenvalue weighted by molar-refractivity contribution is -0.140. The van der Waals surface area contributed by atoms with Gasteiger partial charge >= 0.3 is 12.0 Å². The second-order valence-electron chi connectivity index (χ2n) is 5.39. The van der Waals surface area contributed by atoms with Gasteiger partial charge in [0, 0.05) is 19.0 Å². The van der Waals surface area contributed by atoms with E-state index in [-0.39, 0.29) is 17.9 Å². The molecular formula is C13H24N2O4. The van der Waals surface area contributed by atoms with Crippen LogP contribution in [0.4, 0.5) is 4.79 Å². The zero-order chi connectivity index (χ0) is 14.6. The minimum absolute atomic E-state index is 0.0811. The predicted molar refractivity (Wildman–Crippen MR) is 70.8 cm³/mol. The van der Waals surface area contributed by atoms with Gasteiger partial charge in [0.25, 0.3) is 0 Å². The van der Waals surface area contributed by atoms with Gasteiger partial charge in [-0.1, -0.05) is 20.3 Å². The first-order chi connectivity index (χ1) is 8.86. The number of likely N-dealkylation sites (tertiary alicyclic amines) is 1. The summed E-state index contributed by atoms with van der Waals surface area (Å²) in [7, 11) is 0. The van der Waals surface area contributed by atoms with E-state index in [1.807, 2.05) is 13.8 Å². The maximum absolute atomic E-state index is 12.0. The van der Waals surface area contributed by atoms with Crippen LogP contribution in [-0.2, 0) is 4.79 Å². The minimum Gasteiger partial charge on any atom is -0.480 e. The first-order valence-corrected chi connectivity index (χ1v) is 6.83. The summed E-state index contributed by atoms with van der Waals surface area (Å²) < 4.78 is 0. The summed E-state index contributed by atoms with van der Waals surface area (Å²) in [6.07, 6.45) is 1.00. The molecule has 0 aromatic rings. The van der Waals surface area contributed by atoms with E-state index >= 15 is 0 Å². The first-order valence-electron chi connectivity index (χ1n) is 6.83. The Bertz CT molecular complexity index is 333. The van der Waals surface area contributed by atoms with Crippen LogP contribution in [0.2, 0.25) is 0 Å². The number of aliphatic hydroxyl groups is 1. The Balaban J connectivity index is 2.56. The zero-order valence-corrected chi connectivity index (χ0v) is 11.8. The summed E-state index contributed by atoms with van der Waals surface area (Å²) in [5, 5.41) is 21.2. The Kier molecular flexibility index (Phi) is 5.60. The largest absolute Gasteiger partial charge is 0.480 e. The highest BCUT2D eigenvalue weighted by molar-refractivity contribution is 5.82. The second kappa shape index (κ2) is 6.75. The summed E-state index contributed by atoms with van der Waals surface area (Å²) in [5.41, 5.74) is 0. The SMILES string of the molecule is CCC(C)[C@H](NC(=O)N1CCC(C(C)O)C1)C(=O)O. The summed E-state index contributed by atoms with van der Waals surface area (Å²) in [5.74, 6) is -1.04. The van der Waals surface area contributed by atoms with Gasteiger partial charge in [-0.3, -0.25) is 0 Å². The molecule has 0 saturated carbocycles. The van der Waals surface area contributed by atoms with E-state index in [9.17, 15) is 14.7 Å². The molecular weight excluding hydrogens is 248 g/mol. The van der Waals surface area contributed by atoms with Crippen molar-refractivity contribution in [3.8, 4) is 0 Å². The number of hydrogen-bond donors (Lipinski definition) is 3. The molecule has 4 atom stereocenters. The summed E-state index contributed by atoms with van der Waals surface area (Å²) in [6.45, 7) is 6.46. The highest BCUT2D eigenvalue weighted by Crippen LogP contribution is 2.20. The van der Waals surface area contributed by atoms with Gasteiger partial charge in [-0.15, -0.1) is 0 Å². The van der Waals surface area contributed by atoms with Crippen LogP contribution >= 0.6 is 0 Å². The van der Waals surface area contributed by atoms with Crippen molar-refractivity contribution < 1.29 is 19.8 Å². The molecule has 0 aromatic heterocycles. The van der Waals surface area contributed by atoms with E-state index < -0.39 is 18.1 Å². The normalized spacial score (nSPS) is 23.8. The molecule has 6 nitrogen and oxygen atoms in total. The zero-order valence-electron chi connectivity index (χ0n) is 11.8. The van der Waals surface area contributed by atoms with Crippen molar-refractivity contribution in [1.29, 1.82) is 0 Å². The molecule has 1 rings (SSSR count). The summed E-state index contributed by atoms with van der Waals surface area (Å²) in [6, 6.07) is -1.21. The van der Waals surface area contributed by atoms with Crippen LogP contribution in [0.15, 0.2) is 0 Å². The molecule has 1 heterocycles. The van der Waals surface area contributed by atoms with Gasteiger partial charge < -0.3 is 20.4 Å². The number of carbonyl (C=O) groups is 2. The molecule has 0 radical (unpaired) electrons. The Labute approximate surface area is 113 Å². The monoisotopic (exact) mass is 272 g/mol. The molecule has 1 aliphatic heterocycles. The third-order valence-corrected chi connectivity index (χ3v) is 3.95. The van der Waals surface area contributed by atoms with E-state index in [1.54, 1.807) is 11.8 Å². The van der Waals surface area contributed by atoms with Crippen LogP contribution in [0.25, 0.3) is 0 Å². The Morgan fingerprint density at radius 3 is 2.47 bits per heavy atom. The second-order valence-corrected chi connectivity index (χ2v) is 5.39. The van der Waals surface area contributed by atoms with Crippen molar-refractivity contribution >= 4 is 12.0 Å². The van der Waals surface area contributed by atoms with Gasteiger partial charge in [-0.05, 0) is 19.3 Å². The molecule has 110 valence electrons. The molecule has 1 saturated heterocycles. The van der Waals surface area contributed by atoms with Gasteiger partial charge in [-0.2, -0.15) is 0 Å². The smallest absolute Gasteiger partial charge is 0.326 e. The highest BCUT2D eigenvalue weighted by Gasteiger charge is 2.32. The number of carboxylic acid groups (broad SMARTS) is 1. The van der Waals surface area contributed by atoms with E-state index in [0.717, 1.165) is 6.42 Å². The van der Waals surface area contributed by atoms with E-state index in [2.05, 4.69) is 5.32 Å². The maximum atomic E-state index is 12.0. The number of hydrogen-bond acceptors (Lipinski definition) is 3. The molecule has 0 bridgehead atoms. The molecule has 0 spiro atoms. The average molecular weight is 272 g/mol. The number of nitrogens with one attached hydrogen (secondary N) is 1. The molecule has 1 aliphatic rings. The number of aliphatic hydroxyl groups excluding tert-OH is 1. The van der Waals surface area contributed by atoms with Crippen molar-refractivity contribution in [1.82, 2.24) is 10.2 Å². The molecule has 3 unspecified atom stereocenters. The summed E-state index contributed by atoms with van der Waals surface area (Å²) >= 11 is 0. The van der Waals surface area contributed by atoms with Crippen LogP contribution < -0.4 is 5.32 Å². The molecule has 3 N–H and O–H groups in total. The third kappa shape index (κ3) is 4.09. The van der Waals surface area contributed by atoms with Crippen LogP contribution in [0.1, 0.15) is 33.6 Å². The van der Waals surface area contributed by atoms with Gasteiger partial charge in [0.2, 0.25) is 0 Å². The molecule has 2 amide bonds. The van der Waals surface area contributed by atoms with E-state index in [1.165, 1.54) is 0 Å². The average Bonchev–Trinajstić information content (AvgIpc) is 2.84. The minimum atomic E-state index is -1.01. The fraction of sp³-hybridized carbons (Fsp3) is 0.846. The van der Waals surface area contributed by atoms with E-state index in [0.29, 0.717) is 19.5 Å². The van der Waals surface area contributed by atoms with Crippen LogP contribution in [0.3, 0.4) is 0 Å². The Morgan fingerprint density at radius 1 is 1.42 bits per heavy atom. The Morgan fingerprint density at radius 2 is 2.05 bits per heavy atom. The number of carbonyl (C=O) groups excluding carboxylic acids is 1. The maximum Gasteiger partial charge on any atom is 0.326 e. The molecule has 6 heteroatoms. The number of urea groups is 1. The van der Waals surface area contributed by atoms with Crippen LogP contribution in [0, 0.1) is 11.8 Å². The molecule has 19 heavy (non-hydrogen) atoms. The van der Waals surface area contributed by atoms with Crippen LogP contribution in [-0.4, -0.2) is 52.3 Å². The van der Waals surface area contributed by atoms with Crippen LogP contribution in [0.5, 0.6) is 0 Å². The van der Waals surface area contributed by atoms with Gasteiger partial charge in [0.1, 0.15) is 6.04 Å². The lowest BCUT2D eigenvalue weighted by Gasteiger charge is -2.24. The number of carboxylic acids is 1. The van der Waals surface area contributed by atoms with Crippen molar-refractivity contribution in [2.45, 2.75) is 45.8 Å². The standard InChI is InChI=1S/C13H24N2O4/c1-4-8(2)11(12(17)18)14-13(19)15-6-5-10(7-15)9(3)16/h8-11,16H,4-7H2,1-3H3,(H,14,19)(H,17,18)/t8?,9?,10?,11-/m0/s1. The first kappa shape index (κ1) is 15.8. The number of aliphatic carboxylic acids is 1. The van der Waals surface area contributed by atoms with Gasteiger partial charge in [0.05, 0.1) is 6.10 Å². The van der Waals surface area contributed by atoms with Crippen molar-refractivity contribution in [3.05, 3.63) is 0 Å². The van der Waals surface area contributed by atoms with Crippen molar-refractivity contribution in [2.24, 2.45) is 11.8 Å². The van der Waals surface area contributed by atoms with Gasteiger partial charge in [-0.25, -0.2) is 9.59 Å². The number of amides is 2. The molecule has 0 aromatic carbocycles. The predicted octanol–water partition coefficient (Wildman–Crippen LogP) is 0.898. The molecule has 1 fully saturated rings. The lowest BCUT2D eigenvalue weighted by Crippen LogP contribution is -2.50. The van der Waals surface area contributed by atoms with Crippen molar-refractivity contribution in [2.75, 3.05) is 13.1 Å². The lowest BCUT2D eigenvalue weighted by atomic mass is 9.99. The highest BCUT2D eigenvalue weighted by atomic mass is 16.4. The van der Waals surface area contributed by atoms with Gasteiger partial charge in [0.15, 0.2) is 0 Å². The topological polar surface area (TPSA) is 89.9 Å². The number of rotatable bonds is 5. The molecule has 0 aliphatic carbocycles. The fourth-order valence-corrected chi connectivity index (χ4v) is 2.27. The Hall–Kier alpha value is -1.30. The quantitative estimate of drug-likeness (QED) is 0.693. The number of nitrogens with zero attached hydrogens (tertiary/aromatic N) is 1. The third-order valence-electron chi connectivity index (χ3n) is 3.95.